The van der Waals surface area contributed by atoms with Crippen molar-refractivity contribution in [1.82, 2.24) is 10.1 Å². The molecule has 0 aliphatic carbocycles. The van der Waals surface area contributed by atoms with Crippen molar-refractivity contribution in [2.24, 2.45) is 0 Å². The summed E-state index contributed by atoms with van der Waals surface area (Å²) in [5.41, 5.74) is 1.92. The van der Waals surface area contributed by atoms with E-state index in [1.165, 1.54) is 0 Å². The quantitative estimate of drug-likeness (QED) is 0.672. The molecule has 0 saturated heterocycles. The molecule has 0 aliphatic heterocycles. The second kappa shape index (κ2) is 2.73. The minimum Gasteiger partial charge on any atom is -0.469 e. The van der Waals surface area contributed by atoms with E-state index in [2.05, 4.69) is 10.1 Å². The first-order valence-electron chi connectivity index (χ1n) is 4.04. The van der Waals surface area contributed by atoms with Gasteiger partial charge in [0.15, 0.2) is 5.82 Å². The molecule has 0 unspecified atom stereocenters. The number of nitrogens with zero attached hydrogens (tertiary/aromatic N) is 2. The van der Waals surface area contributed by atoms with Crippen LogP contribution in [0.4, 0.5) is 0 Å². The van der Waals surface area contributed by atoms with Gasteiger partial charge in [0.05, 0.1) is 11.8 Å². The van der Waals surface area contributed by atoms with Gasteiger partial charge in [-0.05, 0) is 20.8 Å². The lowest BCUT2D eigenvalue weighted by Gasteiger charge is -1.90. The van der Waals surface area contributed by atoms with Crippen LogP contribution in [0.1, 0.15) is 17.1 Å². The fraction of sp³-hybridized carbons (Fsp3) is 0.333. The molecule has 2 aromatic heterocycles. The summed E-state index contributed by atoms with van der Waals surface area (Å²) in [5, 5.41) is 3.73. The standard InChI is InChI=1S/C9H10N2O2/c1-5-4-12-6(2)8(5)9-10-7(3)11-13-9/h4H,1-3H3. The van der Waals surface area contributed by atoms with Gasteiger partial charge < -0.3 is 8.94 Å². The summed E-state index contributed by atoms with van der Waals surface area (Å²) >= 11 is 0. The Morgan fingerprint density at radius 3 is 2.46 bits per heavy atom. The Morgan fingerprint density at radius 1 is 1.23 bits per heavy atom. The molecule has 13 heavy (non-hydrogen) atoms. The molecule has 0 N–H and O–H groups in total. The zero-order chi connectivity index (χ0) is 9.42. The van der Waals surface area contributed by atoms with Crippen molar-refractivity contribution in [3.63, 3.8) is 0 Å². The van der Waals surface area contributed by atoms with Crippen LogP contribution in [-0.2, 0) is 0 Å². The summed E-state index contributed by atoms with van der Waals surface area (Å²) in [6, 6.07) is 0. The number of aryl methyl sites for hydroxylation is 3. The van der Waals surface area contributed by atoms with E-state index < -0.39 is 0 Å². The Kier molecular flexibility index (Phi) is 1.69. The second-order valence-corrected chi connectivity index (χ2v) is 3.00. The summed E-state index contributed by atoms with van der Waals surface area (Å²) in [5.74, 6) is 1.97. The van der Waals surface area contributed by atoms with Crippen molar-refractivity contribution in [1.29, 1.82) is 0 Å². The number of hydrogen-bond donors (Lipinski definition) is 0. The van der Waals surface area contributed by atoms with Gasteiger partial charge in [-0.2, -0.15) is 4.98 Å². The summed E-state index contributed by atoms with van der Waals surface area (Å²) in [4.78, 5) is 4.14. The molecule has 4 nitrogen and oxygen atoms in total. The van der Waals surface area contributed by atoms with Gasteiger partial charge in [0.1, 0.15) is 5.76 Å². The molecule has 0 fully saturated rings. The molecule has 2 rings (SSSR count). The Balaban J connectivity index is 2.57. The van der Waals surface area contributed by atoms with Crippen LogP contribution in [0, 0.1) is 20.8 Å². The summed E-state index contributed by atoms with van der Waals surface area (Å²) in [7, 11) is 0. The van der Waals surface area contributed by atoms with Gasteiger partial charge in [-0.15, -0.1) is 0 Å². The molecule has 0 aromatic carbocycles. The van der Waals surface area contributed by atoms with Gasteiger partial charge in [-0.3, -0.25) is 0 Å². The maximum Gasteiger partial charge on any atom is 0.261 e. The fourth-order valence-electron chi connectivity index (χ4n) is 1.29. The highest BCUT2D eigenvalue weighted by Gasteiger charge is 2.14. The number of aromatic nitrogens is 2. The van der Waals surface area contributed by atoms with Crippen LogP contribution >= 0.6 is 0 Å². The van der Waals surface area contributed by atoms with E-state index in [0.29, 0.717) is 11.7 Å². The third-order valence-corrected chi connectivity index (χ3v) is 1.90. The molecule has 0 saturated carbocycles. The van der Waals surface area contributed by atoms with Gasteiger partial charge in [0, 0.05) is 5.56 Å². The van der Waals surface area contributed by atoms with Crippen LogP contribution in [-0.4, -0.2) is 10.1 Å². The van der Waals surface area contributed by atoms with Gasteiger partial charge in [0.25, 0.3) is 5.89 Å². The van der Waals surface area contributed by atoms with Crippen molar-refractivity contribution in [3.8, 4) is 11.5 Å². The highest BCUT2D eigenvalue weighted by molar-refractivity contribution is 5.59. The van der Waals surface area contributed by atoms with Gasteiger partial charge in [0.2, 0.25) is 0 Å². The van der Waals surface area contributed by atoms with Crippen LogP contribution in [0.5, 0.6) is 0 Å². The van der Waals surface area contributed by atoms with Gasteiger partial charge in [-0.25, -0.2) is 0 Å². The molecule has 2 heterocycles. The third kappa shape index (κ3) is 1.24. The Hall–Kier alpha value is -1.58. The van der Waals surface area contributed by atoms with Crippen molar-refractivity contribution >= 4 is 0 Å². The van der Waals surface area contributed by atoms with Crippen molar-refractivity contribution in [2.45, 2.75) is 20.8 Å². The van der Waals surface area contributed by atoms with Gasteiger partial charge >= 0.3 is 0 Å². The number of hydrogen-bond acceptors (Lipinski definition) is 4. The predicted octanol–water partition coefficient (Wildman–Crippen LogP) is 2.25. The van der Waals surface area contributed by atoms with Crippen LogP contribution in [0.25, 0.3) is 11.5 Å². The molecule has 0 bridgehead atoms. The molecule has 0 aliphatic rings. The highest BCUT2D eigenvalue weighted by atomic mass is 16.5. The SMILES string of the molecule is Cc1noc(-c2c(C)coc2C)n1. The van der Waals surface area contributed by atoms with E-state index in [1.807, 2.05) is 13.8 Å². The van der Waals surface area contributed by atoms with Crippen LogP contribution in [0.15, 0.2) is 15.2 Å². The predicted molar refractivity (Wildman–Crippen MR) is 46.2 cm³/mol. The van der Waals surface area contributed by atoms with Crippen molar-refractivity contribution < 1.29 is 8.94 Å². The monoisotopic (exact) mass is 178 g/mol. The Labute approximate surface area is 75.6 Å². The fourth-order valence-corrected chi connectivity index (χ4v) is 1.29. The largest absolute Gasteiger partial charge is 0.469 e. The minimum atomic E-state index is 0.529. The van der Waals surface area contributed by atoms with E-state index in [9.17, 15) is 0 Å². The van der Waals surface area contributed by atoms with E-state index in [1.54, 1.807) is 13.2 Å². The third-order valence-electron chi connectivity index (χ3n) is 1.90. The smallest absolute Gasteiger partial charge is 0.261 e. The average Bonchev–Trinajstić information content (AvgIpc) is 2.60. The normalized spacial score (nSPS) is 10.7. The lowest BCUT2D eigenvalue weighted by molar-refractivity contribution is 0.424. The zero-order valence-electron chi connectivity index (χ0n) is 7.79. The van der Waals surface area contributed by atoms with Crippen LogP contribution < -0.4 is 0 Å². The molecule has 0 radical (unpaired) electrons. The molecule has 0 atom stereocenters. The topological polar surface area (TPSA) is 52.1 Å². The zero-order valence-corrected chi connectivity index (χ0v) is 7.79. The van der Waals surface area contributed by atoms with Crippen LogP contribution in [0.2, 0.25) is 0 Å². The molecule has 0 spiro atoms. The maximum atomic E-state index is 5.23. The summed E-state index contributed by atoms with van der Waals surface area (Å²) in [6.07, 6.45) is 1.68. The van der Waals surface area contributed by atoms with Crippen molar-refractivity contribution in [2.75, 3.05) is 0 Å². The van der Waals surface area contributed by atoms with Crippen molar-refractivity contribution in [3.05, 3.63) is 23.4 Å². The first-order valence-corrected chi connectivity index (χ1v) is 4.04. The molecular formula is C9H10N2O2. The Bertz CT molecular complexity index is 409. The Morgan fingerprint density at radius 2 is 2.00 bits per heavy atom. The van der Waals surface area contributed by atoms with E-state index in [-0.39, 0.29) is 0 Å². The van der Waals surface area contributed by atoms with Gasteiger partial charge in [-0.1, -0.05) is 5.16 Å². The molecule has 0 amide bonds. The maximum absolute atomic E-state index is 5.23. The van der Waals surface area contributed by atoms with Crippen LogP contribution in [0.3, 0.4) is 0 Å². The molecule has 68 valence electrons. The summed E-state index contributed by atoms with van der Waals surface area (Å²) < 4.78 is 10.3. The highest BCUT2D eigenvalue weighted by Crippen LogP contribution is 2.26. The lowest BCUT2D eigenvalue weighted by atomic mass is 10.2. The molecular weight excluding hydrogens is 168 g/mol. The minimum absolute atomic E-state index is 0.529. The molecule has 2 aromatic rings. The molecule has 4 heteroatoms. The average molecular weight is 178 g/mol. The van der Waals surface area contributed by atoms with E-state index >= 15 is 0 Å². The summed E-state index contributed by atoms with van der Waals surface area (Å²) in [6.45, 7) is 5.62. The van der Waals surface area contributed by atoms with E-state index in [0.717, 1.165) is 16.9 Å². The number of furan rings is 1. The lowest BCUT2D eigenvalue weighted by Crippen LogP contribution is -1.80. The first-order chi connectivity index (χ1) is 6.18. The van der Waals surface area contributed by atoms with E-state index in [4.69, 9.17) is 8.94 Å². The second-order valence-electron chi connectivity index (χ2n) is 3.00. The first kappa shape index (κ1) is 8.04. The number of rotatable bonds is 1.